The summed E-state index contributed by atoms with van der Waals surface area (Å²) in [6, 6.07) is 7.32. The Kier molecular flexibility index (Phi) is 6.38. The smallest absolute Gasteiger partial charge is 0.255 e. The Bertz CT molecular complexity index is 1160. The summed E-state index contributed by atoms with van der Waals surface area (Å²) >= 11 is 0. The van der Waals surface area contributed by atoms with E-state index < -0.39 is 17.2 Å². The maximum absolute atomic E-state index is 14.1. The highest BCUT2D eigenvalue weighted by atomic mass is 19.1. The maximum Gasteiger partial charge on any atom is 0.255 e. The van der Waals surface area contributed by atoms with Crippen LogP contribution in [0, 0.1) is 18.6 Å². The van der Waals surface area contributed by atoms with E-state index in [0.717, 1.165) is 31.2 Å². The summed E-state index contributed by atoms with van der Waals surface area (Å²) in [5.41, 5.74) is 8.32. The monoisotopic (exact) mass is 456 g/mol. The standard InChI is InChI=1S/C25H30F2N4O2/c1-4-10-25(3,28)14-29-24(32)22-20-11-15(2)12-21(31(20)30-23(22)16-8-9-16)33-13-17-18(26)6-5-7-19(17)27/h5-7,11-12,16H,4,8-10,13-14,28H2,1-3H3,(H,29,32). The number of rotatable bonds is 9. The molecule has 33 heavy (non-hydrogen) atoms. The molecule has 0 aliphatic heterocycles. The van der Waals surface area contributed by atoms with E-state index in [-0.39, 0.29) is 24.0 Å². The van der Waals surface area contributed by atoms with Gasteiger partial charge in [0.25, 0.3) is 5.91 Å². The van der Waals surface area contributed by atoms with Crippen molar-refractivity contribution >= 4 is 11.4 Å². The van der Waals surface area contributed by atoms with Crippen LogP contribution in [0.1, 0.15) is 72.6 Å². The van der Waals surface area contributed by atoms with Gasteiger partial charge in [0.15, 0.2) is 0 Å². The highest BCUT2D eigenvalue weighted by Gasteiger charge is 2.34. The minimum atomic E-state index is -0.671. The first-order valence-corrected chi connectivity index (χ1v) is 11.4. The Hall–Kier alpha value is -3.00. The lowest BCUT2D eigenvalue weighted by Gasteiger charge is -2.24. The van der Waals surface area contributed by atoms with Crippen molar-refractivity contribution in [2.24, 2.45) is 5.73 Å². The van der Waals surface area contributed by atoms with Gasteiger partial charge in [0, 0.05) is 24.1 Å². The van der Waals surface area contributed by atoms with Crippen LogP contribution in [0.25, 0.3) is 5.52 Å². The zero-order chi connectivity index (χ0) is 23.8. The van der Waals surface area contributed by atoms with Crippen LogP contribution in [0.2, 0.25) is 0 Å². The molecule has 8 heteroatoms. The van der Waals surface area contributed by atoms with Crippen molar-refractivity contribution in [1.29, 1.82) is 0 Å². The van der Waals surface area contributed by atoms with Gasteiger partial charge in [0.05, 0.1) is 22.3 Å². The van der Waals surface area contributed by atoms with E-state index in [0.29, 0.717) is 29.2 Å². The molecule has 1 aliphatic carbocycles. The van der Waals surface area contributed by atoms with Gasteiger partial charge in [-0.15, -0.1) is 0 Å². The predicted molar refractivity (Wildman–Crippen MR) is 122 cm³/mol. The number of nitrogens with two attached hydrogens (primary N) is 1. The molecule has 1 amide bonds. The Morgan fingerprint density at radius 2 is 2.00 bits per heavy atom. The summed E-state index contributed by atoms with van der Waals surface area (Å²) in [7, 11) is 0. The number of aromatic nitrogens is 2. The Morgan fingerprint density at radius 1 is 1.30 bits per heavy atom. The third kappa shape index (κ3) is 5.00. The number of carbonyl (C=O) groups excluding carboxylic acids is 1. The van der Waals surface area contributed by atoms with Crippen LogP contribution >= 0.6 is 0 Å². The van der Waals surface area contributed by atoms with Gasteiger partial charge in [0.1, 0.15) is 18.2 Å². The second-order valence-electron chi connectivity index (χ2n) is 9.28. The number of nitrogens with zero attached hydrogens (tertiary/aromatic N) is 2. The van der Waals surface area contributed by atoms with Crippen LogP contribution in [0.5, 0.6) is 5.88 Å². The number of carbonyl (C=O) groups is 1. The number of hydrogen-bond donors (Lipinski definition) is 2. The minimum Gasteiger partial charge on any atom is -0.473 e. The summed E-state index contributed by atoms with van der Waals surface area (Å²) in [5.74, 6) is -1.03. The first kappa shape index (κ1) is 23.2. The van der Waals surface area contributed by atoms with Gasteiger partial charge in [-0.1, -0.05) is 19.4 Å². The average molecular weight is 457 g/mol. The van der Waals surface area contributed by atoms with Crippen LogP contribution in [0.3, 0.4) is 0 Å². The van der Waals surface area contributed by atoms with E-state index in [2.05, 4.69) is 17.3 Å². The van der Waals surface area contributed by atoms with Crippen LogP contribution in [-0.4, -0.2) is 27.6 Å². The predicted octanol–water partition coefficient (Wildman–Crippen LogP) is 4.62. The molecule has 1 unspecified atom stereocenters. The second-order valence-corrected chi connectivity index (χ2v) is 9.28. The number of pyridine rings is 1. The molecule has 0 bridgehead atoms. The molecule has 3 N–H and O–H groups in total. The molecule has 0 spiro atoms. The quantitative estimate of drug-likeness (QED) is 0.492. The van der Waals surface area contributed by atoms with Gasteiger partial charge in [0.2, 0.25) is 5.88 Å². The summed E-state index contributed by atoms with van der Waals surface area (Å²) in [6.45, 7) is 5.91. The number of fused-ring (bicyclic) bond motifs is 1. The van der Waals surface area contributed by atoms with Crippen molar-refractivity contribution in [2.75, 3.05) is 6.54 Å². The van der Waals surface area contributed by atoms with E-state index >= 15 is 0 Å². The first-order valence-electron chi connectivity index (χ1n) is 11.4. The van der Waals surface area contributed by atoms with Crippen molar-refractivity contribution in [3.05, 3.63) is 64.4 Å². The van der Waals surface area contributed by atoms with E-state index in [4.69, 9.17) is 10.5 Å². The molecule has 0 radical (unpaired) electrons. The number of nitrogens with one attached hydrogen (secondary N) is 1. The fraction of sp³-hybridized carbons (Fsp3) is 0.440. The highest BCUT2D eigenvalue weighted by molar-refractivity contribution is 6.02. The van der Waals surface area contributed by atoms with E-state index in [1.165, 1.54) is 18.2 Å². The molecule has 2 heterocycles. The van der Waals surface area contributed by atoms with Crippen LogP contribution in [0.4, 0.5) is 8.78 Å². The Balaban J connectivity index is 1.68. The molecule has 1 aromatic carbocycles. The van der Waals surface area contributed by atoms with Gasteiger partial charge in [-0.25, -0.2) is 8.78 Å². The molecule has 3 aromatic rings. The summed E-state index contributed by atoms with van der Waals surface area (Å²) in [4.78, 5) is 13.3. The Morgan fingerprint density at radius 3 is 2.64 bits per heavy atom. The topological polar surface area (TPSA) is 81.6 Å². The van der Waals surface area contributed by atoms with Crippen molar-refractivity contribution in [1.82, 2.24) is 14.9 Å². The van der Waals surface area contributed by atoms with Gasteiger partial charge in [-0.05, 0) is 56.9 Å². The largest absolute Gasteiger partial charge is 0.473 e. The molecule has 176 valence electrons. The van der Waals surface area contributed by atoms with Crippen molar-refractivity contribution in [3.63, 3.8) is 0 Å². The van der Waals surface area contributed by atoms with E-state index in [9.17, 15) is 13.6 Å². The number of hydrogen-bond acceptors (Lipinski definition) is 4. The number of aryl methyl sites for hydroxylation is 1. The number of halogens is 2. The van der Waals surface area contributed by atoms with Gasteiger partial charge in [-0.3, -0.25) is 4.79 Å². The minimum absolute atomic E-state index is 0.155. The molecule has 1 atom stereocenters. The van der Waals surface area contributed by atoms with Gasteiger partial charge >= 0.3 is 0 Å². The third-order valence-corrected chi connectivity index (χ3v) is 5.96. The lowest BCUT2D eigenvalue weighted by atomic mass is 9.97. The second kappa shape index (κ2) is 9.09. The van der Waals surface area contributed by atoms with Crippen LogP contribution in [0.15, 0.2) is 30.3 Å². The summed E-state index contributed by atoms with van der Waals surface area (Å²) < 4.78 is 35.5. The molecule has 1 fully saturated rings. The molecular weight excluding hydrogens is 426 g/mol. The fourth-order valence-corrected chi connectivity index (χ4v) is 4.09. The lowest BCUT2D eigenvalue weighted by molar-refractivity contribution is 0.0944. The first-order chi connectivity index (χ1) is 15.7. The number of ether oxygens (including phenoxy) is 1. The van der Waals surface area contributed by atoms with E-state index in [1.54, 1.807) is 10.6 Å². The summed E-state index contributed by atoms with van der Waals surface area (Å²) in [5, 5.41) is 7.67. The third-order valence-electron chi connectivity index (χ3n) is 5.96. The molecule has 1 aliphatic rings. The highest BCUT2D eigenvalue weighted by Crippen LogP contribution is 2.42. The van der Waals surface area contributed by atoms with Crippen LogP contribution in [-0.2, 0) is 6.61 Å². The fourth-order valence-electron chi connectivity index (χ4n) is 4.09. The number of amides is 1. The molecular formula is C25H30F2N4O2. The molecule has 2 aromatic heterocycles. The molecule has 1 saturated carbocycles. The van der Waals surface area contributed by atoms with Crippen LogP contribution < -0.4 is 15.8 Å². The van der Waals surface area contributed by atoms with Gasteiger partial charge in [-0.2, -0.15) is 9.61 Å². The lowest BCUT2D eigenvalue weighted by Crippen LogP contribution is -2.47. The number of benzene rings is 1. The van der Waals surface area contributed by atoms with Gasteiger partial charge < -0.3 is 15.8 Å². The molecule has 0 saturated heterocycles. The van der Waals surface area contributed by atoms with E-state index in [1.807, 2.05) is 19.9 Å². The van der Waals surface area contributed by atoms with Crippen molar-refractivity contribution in [2.45, 2.75) is 64.5 Å². The van der Waals surface area contributed by atoms with Crippen molar-refractivity contribution in [3.8, 4) is 5.88 Å². The molecule has 4 rings (SSSR count). The molecule has 6 nitrogen and oxygen atoms in total. The summed E-state index contributed by atoms with van der Waals surface area (Å²) in [6.07, 6.45) is 3.64. The average Bonchev–Trinajstić information content (AvgIpc) is 3.52. The normalized spacial score (nSPS) is 15.5. The Labute approximate surface area is 192 Å². The maximum atomic E-state index is 14.1. The zero-order valence-electron chi connectivity index (χ0n) is 19.3. The SMILES string of the molecule is CCCC(C)(N)CNC(=O)c1c(C2CC2)nn2c(OCc3c(F)cccc3F)cc(C)cc12. The van der Waals surface area contributed by atoms with Crippen molar-refractivity contribution < 1.29 is 18.3 Å². The zero-order valence-corrected chi connectivity index (χ0v) is 19.3.